The van der Waals surface area contributed by atoms with E-state index in [9.17, 15) is 9.59 Å². The Morgan fingerprint density at radius 1 is 1.03 bits per heavy atom. The summed E-state index contributed by atoms with van der Waals surface area (Å²) in [4.78, 5) is 21.2. The Balaban J connectivity index is 0.000000320. The van der Waals surface area contributed by atoms with E-state index in [1.807, 2.05) is 19.1 Å². The summed E-state index contributed by atoms with van der Waals surface area (Å²) in [6, 6.07) is 12.5. The van der Waals surface area contributed by atoms with Crippen LogP contribution in [0.2, 0.25) is 0 Å². The Kier molecular flexibility index (Phi) is 10.6. The summed E-state index contributed by atoms with van der Waals surface area (Å²) in [6.07, 6.45) is 13.7. The van der Waals surface area contributed by atoms with Gasteiger partial charge in [-0.05, 0) is 85.9 Å². The summed E-state index contributed by atoms with van der Waals surface area (Å²) in [6.45, 7) is 4.80. The molecule has 0 heterocycles. The van der Waals surface area contributed by atoms with Crippen LogP contribution in [-0.2, 0) is 16.0 Å². The third-order valence-corrected chi connectivity index (χ3v) is 7.46. The molecule has 1 amide bonds. The van der Waals surface area contributed by atoms with Crippen LogP contribution in [0.25, 0.3) is 11.1 Å². The zero-order chi connectivity index (χ0) is 25.0. The molecule has 0 bridgehead atoms. The van der Waals surface area contributed by atoms with E-state index < -0.39 is 5.97 Å². The smallest absolute Gasteiger partial charge is 0.306 e. The molecule has 0 radical (unpaired) electrons. The maximum absolute atomic E-state index is 10.9. The topological polar surface area (TPSA) is 75.6 Å². The molecule has 0 unspecified atom stereocenters. The lowest BCUT2D eigenvalue weighted by molar-refractivity contribution is -0.142. The molecule has 2 N–H and O–H groups in total. The normalized spacial score (nSPS) is 16.3. The fraction of sp³-hybridized carbons (Fsp3) is 0.533. The first-order chi connectivity index (χ1) is 17.0. The maximum atomic E-state index is 10.9. The van der Waals surface area contributed by atoms with E-state index in [2.05, 4.69) is 36.5 Å². The molecule has 0 saturated heterocycles. The summed E-state index contributed by atoms with van der Waals surface area (Å²) in [5, 5.41) is 11.3. The fourth-order valence-corrected chi connectivity index (χ4v) is 5.45. The number of anilines is 1. The van der Waals surface area contributed by atoms with E-state index in [-0.39, 0.29) is 5.92 Å². The van der Waals surface area contributed by atoms with Crippen LogP contribution in [-0.4, -0.2) is 24.1 Å². The number of aliphatic carboxylic acids is 1. The van der Waals surface area contributed by atoms with Crippen molar-refractivity contribution in [1.82, 2.24) is 0 Å². The molecule has 35 heavy (non-hydrogen) atoms. The highest BCUT2D eigenvalue weighted by Gasteiger charge is 2.19. The van der Waals surface area contributed by atoms with Crippen molar-refractivity contribution in [2.24, 2.45) is 11.8 Å². The fourth-order valence-electron chi connectivity index (χ4n) is 5.45. The van der Waals surface area contributed by atoms with Gasteiger partial charge in [-0.3, -0.25) is 9.59 Å². The molecule has 0 spiro atoms. The van der Waals surface area contributed by atoms with E-state index in [1.165, 1.54) is 60.8 Å². The highest BCUT2D eigenvalue weighted by molar-refractivity contribution is 5.78. The van der Waals surface area contributed by atoms with Crippen LogP contribution in [0.3, 0.4) is 0 Å². The first-order valence-electron chi connectivity index (χ1n) is 13.3. The standard InChI is InChI=1S/C23H29NO2.C7H12O2/c1-3-26-23-10-6-9-21(17(23)2)22-14-13-20(24-16-25)15-19(22)12-11-18-7-4-5-8-18;8-7(9)6-4-2-1-3-5-6/h6,9-10,13-16,18H,3-5,7-8,11-12H2,1-2H3,(H,24,25);6H,1-5H2,(H,8,9). The van der Waals surface area contributed by atoms with E-state index in [1.54, 1.807) is 0 Å². The third-order valence-electron chi connectivity index (χ3n) is 7.46. The second kappa shape index (κ2) is 13.9. The zero-order valence-corrected chi connectivity index (χ0v) is 21.4. The number of carbonyl (C=O) groups is 2. The molecule has 2 fully saturated rings. The molecule has 0 atom stereocenters. The van der Waals surface area contributed by atoms with Crippen molar-refractivity contribution >= 4 is 18.1 Å². The van der Waals surface area contributed by atoms with Gasteiger partial charge in [0, 0.05) is 5.69 Å². The molecule has 2 aliphatic rings. The number of amides is 1. The maximum Gasteiger partial charge on any atom is 0.306 e. The number of hydrogen-bond donors (Lipinski definition) is 2. The van der Waals surface area contributed by atoms with E-state index in [0.29, 0.717) is 6.61 Å². The van der Waals surface area contributed by atoms with Gasteiger partial charge in [-0.2, -0.15) is 0 Å². The van der Waals surface area contributed by atoms with Crippen LogP contribution in [0.4, 0.5) is 5.69 Å². The van der Waals surface area contributed by atoms with Crippen LogP contribution in [0, 0.1) is 18.8 Å². The van der Waals surface area contributed by atoms with Gasteiger partial charge < -0.3 is 15.2 Å². The van der Waals surface area contributed by atoms with Crippen molar-refractivity contribution in [3.63, 3.8) is 0 Å². The molecule has 0 aromatic heterocycles. The largest absolute Gasteiger partial charge is 0.494 e. The summed E-state index contributed by atoms with van der Waals surface area (Å²) < 4.78 is 5.78. The zero-order valence-electron chi connectivity index (χ0n) is 21.4. The predicted molar refractivity (Wildman–Crippen MR) is 142 cm³/mol. The lowest BCUT2D eigenvalue weighted by Crippen LogP contribution is -2.16. The highest BCUT2D eigenvalue weighted by Crippen LogP contribution is 2.36. The van der Waals surface area contributed by atoms with Crippen molar-refractivity contribution < 1.29 is 19.4 Å². The van der Waals surface area contributed by atoms with Crippen LogP contribution in [0.1, 0.15) is 82.3 Å². The number of hydrogen-bond acceptors (Lipinski definition) is 3. The molecule has 2 aromatic rings. The quantitative estimate of drug-likeness (QED) is 0.367. The van der Waals surface area contributed by atoms with Gasteiger partial charge in [0.15, 0.2) is 0 Å². The van der Waals surface area contributed by atoms with Gasteiger partial charge in [0.1, 0.15) is 5.75 Å². The van der Waals surface area contributed by atoms with Gasteiger partial charge in [0.25, 0.3) is 0 Å². The minimum absolute atomic E-state index is 0.0289. The molecule has 2 aliphatic carbocycles. The number of nitrogens with one attached hydrogen (secondary N) is 1. The van der Waals surface area contributed by atoms with Gasteiger partial charge in [0.05, 0.1) is 12.5 Å². The molecule has 2 saturated carbocycles. The SMILES string of the molecule is CCOc1cccc(-c2ccc(NC=O)cc2CCC2CCCC2)c1C.O=C(O)C1CCCCC1. The highest BCUT2D eigenvalue weighted by atomic mass is 16.5. The number of rotatable bonds is 9. The van der Waals surface area contributed by atoms with E-state index >= 15 is 0 Å². The summed E-state index contributed by atoms with van der Waals surface area (Å²) in [5.41, 5.74) is 5.81. The van der Waals surface area contributed by atoms with E-state index in [0.717, 1.165) is 55.9 Å². The molecular weight excluding hydrogens is 438 g/mol. The molecule has 5 heteroatoms. The summed E-state index contributed by atoms with van der Waals surface area (Å²) >= 11 is 0. The summed E-state index contributed by atoms with van der Waals surface area (Å²) in [7, 11) is 0. The van der Waals surface area contributed by atoms with Crippen molar-refractivity contribution in [2.45, 2.75) is 84.5 Å². The first-order valence-corrected chi connectivity index (χ1v) is 13.3. The predicted octanol–water partition coefficient (Wildman–Crippen LogP) is 7.40. The molecule has 190 valence electrons. The number of carboxylic acid groups (broad SMARTS) is 1. The number of benzene rings is 2. The molecule has 2 aromatic carbocycles. The number of carbonyl (C=O) groups excluding carboxylic acids is 1. The average Bonchev–Trinajstić information content (AvgIpc) is 3.39. The van der Waals surface area contributed by atoms with Crippen molar-refractivity contribution in [1.29, 1.82) is 0 Å². The van der Waals surface area contributed by atoms with Crippen molar-refractivity contribution in [3.05, 3.63) is 47.5 Å². The van der Waals surface area contributed by atoms with Crippen molar-refractivity contribution in [2.75, 3.05) is 11.9 Å². The Hall–Kier alpha value is -2.82. The van der Waals surface area contributed by atoms with Crippen molar-refractivity contribution in [3.8, 4) is 16.9 Å². The number of ether oxygens (including phenoxy) is 1. The third kappa shape index (κ3) is 7.84. The second-order valence-electron chi connectivity index (χ2n) is 9.86. The average molecular weight is 480 g/mol. The Bertz CT molecular complexity index is 959. The molecule has 0 aliphatic heterocycles. The Labute approximate surface area is 210 Å². The molecular formula is C30H41NO4. The van der Waals surface area contributed by atoms with Crippen LogP contribution in [0.5, 0.6) is 5.75 Å². The van der Waals surface area contributed by atoms with Gasteiger partial charge in [-0.25, -0.2) is 0 Å². The first kappa shape index (κ1) is 26.8. The Morgan fingerprint density at radius 2 is 1.74 bits per heavy atom. The van der Waals surface area contributed by atoms with Gasteiger partial charge in [-0.15, -0.1) is 0 Å². The number of carboxylic acids is 1. The van der Waals surface area contributed by atoms with Crippen LogP contribution < -0.4 is 10.1 Å². The monoisotopic (exact) mass is 479 g/mol. The molecule has 4 rings (SSSR count). The van der Waals surface area contributed by atoms with Crippen LogP contribution >= 0.6 is 0 Å². The number of aryl methyl sites for hydroxylation is 1. The minimum Gasteiger partial charge on any atom is -0.494 e. The lowest BCUT2D eigenvalue weighted by atomic mass is 9.90. The van der Waals surface area contributed by atoms with Crippen LogP contribution in [0.15, 0.2) is 36.4 Å². The summed E-state index contributed by atoms with van der Waals surface area (Å²) in [5.74, 6) is 1.16. The van der Waals surface area contributed by atoms with Gasteiger partial charge in [-0.1, -0.05) is 63.1 Å². The van der Waals surface area contributed by atoms with E-state index in [4.69, 9.17) is 9.84 Å². The Morgan fingerprint density at radius 3 is 2.37 bits per heavy atom. The van der Waals surface area contributed by atoms with Gasteiger partial charge >= 0.3 is 5.97 Å². The lowest BCUT2D eigenvalue weighted by Gasteiger charge is -2.17. The van der Waals surface area contributed by atoms with Gasteiger partial charge in [0.2, 0.25) is 6.41 Å². The second-order valence-corrected chi connectivity index (χ2v) is 9.86. The molecule has 5 nitrogen and oxygen atoms in total. The minimum atomic E-state index is -0.602.